The van der Waals surface area contributed by atoms with Gasteiger partial charge in [-0.15, -0.1) is 21.9 Å². The van der Waals surface area contributed by atoms with Gasteiger partial charge in [-0.3, -0.25) is 0 Å². The summed E-state index contributed by atoms with van der Waals surface area (Å²) >= 11 is 5.04. The fourth-order valence-corrected chi connectivity index (χ4v) is 6.42. The van der Waals surface area contributed by atoms with Crippen molar-refractivity contribution in [3.8, 4) is 0 Å². The third-order valence-corrected chi connectivity index (χ3v) is 8.91. The first-order valence-corrected chi connectivity index (χ1v) is 15.8. The topological polar surface area (TPSA) is 19.7 Å². The summed E-state index contributed by atoms with van der Waals surface area (Å²) in [7, 11) is 0. The van der Waals surface area contributed by atoms with E-state index in [0.29, 0.717) is 0 Å². The third kappa shape index (κ3) is 7.05. The van der Waals surface area contributed by atoms with Crippen molar-refractivity contribution < 1.29 is 92.4 Å². The quantitative estimate of drug-likeness (QED) is 0.0451. The van der Waals surface area contributed by atoms with E-state index in [2.05, 4.69) is 21.7 Å². The highest BCUT2D eigenvalue weighted by Gasteiger charge is 2.52. The Hall–Kier alpha value is -5.94. The first kappa shape index (κ1) is 44.2. The standard InChI is InChI=1S/C24BF20.C11H10N2S/c26-5-1(6(27)14(35)21(42)13(5)34)25(2-7(28)15(36)22(43)16(37)8(2)29,3-9(30)17(38)23(44)18(39)10(3)31)4-11(32)19(40)24(45)20(41)12(4)33;14-11-9-13(7-6-12-11)8-10-4-2-1-3-5-10/h;1-7,9H,8H2/q-1;/p+1. The van der Waals surface area contributed by atoms with Gasteiger partial charge in [-0.25, -0.2) is 87.8 Å². The van der Waals surface area contributed by atoms with Crippen molar-refractivity contribution in [2.24, 2.45) is 0 Å². The van der Waals surface area contributed by atoms with Gasteiger partial charge in [0.1, 0.15) is 52.7 Å². The summed E-state index contributed by atoms with van der Waals surface area (Å²) in [6.45, 7) is 0.860. The molecule has 0 spiro atoms. The number of nitrogens with zero attached hydrogens (tertiary/aromatic N) is 1. The molecule has 310 valence electrons. The maximum absolute atomic E-state index is 15.4. The van der Waals surface area contributed by atoms with E-state index in [4.69, 9.17) is 12.2 Å². The number of aromatic nitrogens is 2. The number of aromatic amines is 1. The van der Waals surface area contributed by atoms with Crippen molar-refractivity contribution in [1.29, 1.82) is 0 Å². The summed E-state index contributed by atoms with van der Waals surface area (Å²) in [6, 6.07) is 10.3. The van der Waals surface area contributed by atoms with Crippen LogP contribution in [-0.2, 0) is 6.54 Å². The molecule has 59 heavy (non-hydrogen) atoms. The second-order valence-corrected chi connectivity index (χ2v) is 12.4. The van der Waals surface area contributed by atoms with Gasteiger partial charge in [-0.1, -0.05) is 42.5 Å². The Balaban J connectivity index is 0.000000395. The molecular formula is C35H11BF20N2S. The summed E-state index contributed by atoms with van der Waals surface area (Å²) in [5, 5.41) is 0. The lowest BCUT2D eigenvalue weighted by molar-refractivity contribution is -0.689. The number of hydrogen-bond acceptors (Lipinski definition) is 1. The van der Waals surface area contributed by atoms with Gasteiger partial charge in [-0.05, 0) is 0 Å². The molecule has 0 aliphatic heterocycles. The van der Waals surface area contributed by atoms with Gasteiger partial charge in [-0.2, -0.15) is 4.57 Å². The largest absolute Gasteiger partial charge is 0.343 e. The highest BCUT2D eigenvalue weighted by molar-refractivity contribution is 7.71. The number of benzene rings is 5. The van der Waals surface area contributed by atoms with Crippen LogP contribution in [0.5, 0.6) is 0 Å². The van der Waals surface area contributed by atoms with E-state index in [-0.39, 0.29) is 0 Å². The highest BCUT2D eigenvalue weighted by Crippen LogP contribution is 2.30. The molecule has 5 aromatic carbocycles. The molecule has 0 saturated carbocycles. The van der Waals surface area contributed by atoms with Gasteiger partial charge in [0.2, 0.25) is 6.20 Å². The Labute approximate surface area is 319 Å². The molecule has 0 amide bonds. The van der Waals surface area contributed by atoms with E-state index in [9.17, 15) is 52.7 Å². The van der Waals surface area contributed by atoms with E-state index >= 15 is 35.1 Å². The third-order valence-electron chi connectivity index (χ3n) is 8.69. The average Bonchev–Trinajstić information content (AvgIpc) is 3.21. The van der Waals surface area contributed by atoms with E-state index in [1.165, 1.54) is 5.56 Å². The number of H-pyrrole nitrogens is 1. The van der Waals surface area contributed by atoms with Crippen molar-refractivity contribution in [1.82, 2.24) is 4.98 Å². The predicted molar refractivity (Wildman–Crippen MR) is 167 cm³/mol. The van der Waals surface area contributed by atoms with Crippen LogP contribution in [0.3, 0.4) is 0 Å². The number of hydrogen-bond donors (Lipinski definition) is 1. The van der Waals surface area contributed by atoms with Crippen molar-refractivity contribution in [3.63, 3.8) is 0 Å². The zero-order chi connectivity index (χ0) is 44.2. The van der Waals surface area contributed by atoms with Gasteiger partial charge >= 0.3 is 0 Å². The van der Waals surface area contributed by atoms with Crippen LogP contribution in [0.25, 0.3) is 0 Å². The molecular weight excluding hydrogens is 871 g/mol. The van der Waals surface area contributed by atoms with Crippen LogP contribution in [0.4, 0.5) is 87.8 Å². The minimum absolute atomic E-state index is 0.753. The Bertz CT molecular complexity index is 2350. The lowest BCUT2D eigenvalue weighted by Gasteiger charge is -2.44. The summed E-state index contributed by atoms with van der Waals surface area (Å²) in [5.74, 6) is -71.4. The summed E-state index contributed by atoms with van der Waals surface area (Å²) in [5.41, 5.74) is -13.1. The molecule has 0 saturated heterocycles. The van der Waals surface area contributed by atoms with Gasteiger partial charge in [0, 0.05) is 5.56 Å². The summed E-state index contributed by atoms with van der Waals surface area (Å²) in [6.07, 6.45) is -1.47. The number of rotatable bonds is 6. The molecule has 0 unspecified atom stereocenters. The molecule has 2 nitrogen and oxygen atoms in total. The summed E-state index contributed by atoms with van der Waals surface area (Å²) in [4.78, 5) is 2.95. The molecule has 6 rings (SSSR count). The molecule has 0 fully saturated rings. The molecule has 24 heteroatoms. The first-order chi connectivity index (χ1) is 27.5. The Kier molecular flexibility index (Phi) is 12.3. The van der Waals surface area contributed by atoms with Crippen LogP contribution in [0.1, 0.15) is 5.56 Å². The summed E-state index contributed by atoms with van der Waals surface area (Å²) < 4.78 is 297. The van der Waals surface area contributed by atoms with E-state index in [1.54, 1.807) is 0 Å². The number of nitrogens with one attached hydrogen (secondary N) is 1. The molecule has 0 aliphatic rings. The van der Waals surface area contributed by atoms with Gasteiger partial charge in [0.05, 0.1) is 6.20 Å². The Morgan fingerprint density at radius 3 is 0.898 bits per heavy atom. The fraction of sp³-hybridized carbons (Fsp3) is 0.0286. The van der Waals surface area contributed by atoms with Crippen LogP contribution in [0.15, 0.2) is 48.9 Å². The van der Waals surface area contributed by atoms with Crippen molar-refractivity contribution in [3.05, 3.63) is 175 Å². The second kappa shape index (κ2) is 16.4. The smallest absolute Gasteiger partial charge is 0.204 e. The maximum atomic E-state index is 15.4. The predicted octanol–water partition coefficient (Wildman–Crippen LogP) is 7.93. The molecule has 1 aromatic heterocycles. The zero-order valence-corrected chi connectivity index (χ0v) is 28.6. The van der Waals surface area contributed by atoms with Gasteiger partial charge < -0.3 is 4.98 Å². The van der Waals surface area contributed by atoms with Gasteiger partial charge in [0.25, 0.3) is 0 Å². The molecule has 0 atom stereocenters. The van der Waals surface area contributed by atoms with Crippen molar-refractivity contribution >= 4 is 40.2 Å². The van der Waals surface area contributed by atoms with Crippen LogP contribution in [-0.4, -0.2) is 11.1 Å². The zero-order valence-electron chi connectivity index (χ0n) is 27.8. The average molecular weight is 882 g/mol. The fourth-order valence-electron chi connectivity index (χ4n) is 6.21. The molecule has 1 N–H and O–H groups in total. The van der Waals surface area contributed by atoms with E-state index in [1.807, 2.05) is 36.8 Å². The van der Waals surface area contributed by atoms with E-state index < -0.39 is 144 Å². The first-order valence-electron chi connectivity index (χ1n) is 15.4. The van der Waals surface area contributed by atoms with Crippen LogP contribution in [0, 0.1) is 121 Å². The van der Waals surface area contributed by atoms with Gasteiger partial charge in [0.15, 0.2) is 87.2 Å². The molecule has 6 aromatic rings. The van der Waals surface area contributed by atoms with Crippen molar-refractivity contribution in [2.45, 2.75) is 6.54 Å². The van der Waals surface area contributed by atoms with Crippen LogP contribution >= 0.6 is 12.2 Å². The highest BCUT2D eigenvalue weighted by atomic mass is 32.1. The monoisotopic (exact) mass is 882 g/mol. The lowest BCUT2D eigenvalue weighted by Crippen LogP contribution is -2.81. The lowest BCUT2D eigenvalue weighted by atomic mass is 9.12. The Morgan fingerprint density at radius 1 is 0.390 bits per heavy atom. The molecule has 0 aliphatic carbocycles. The van der Waals surface area contributed by atoms with E-state index in [0.717, 1.165) is 11.2 Å². The maximum Gasteiger partial charge on any atom is 0.204 e. The molecule has 1 heterocycles. The van der Waals surface area contributed by atoms with Crippen molar-refractivity contribution in [2.75, 3.05) is 0 Å². The molecule has 0 bridgehead atoms. The second-order valence-electron chi connectivity index (χ2n) is 11.9. The van der Waals surface area contributed by atoms with Crippen LogP contribution < -0.4 is 26.4 Å². The SMILES string of the molecule is Fc1c(F)c(F)c([B-](c2c(F)c(F)c(F)c(F)c2F)(c2c(F)c(F)c(F)c(F)c2F)c2c(F)c(F)c(F)c(F)c2F)c(F)c1F.S=c1c[n+](Cc2ccccc2)cc[nH]1. The molecule has 0 radical (unpaired) electrons. The minimum Gasteiger partial charge on any atom is -0.343 e. The number of halogens is 20. The normalized spacial score (nSPS) is 11.5. The van der Waals surface area contributed by atoms with Crippen LogP contribution in [0.2, 0.25) is 0 Å². The Morgan fingerprint density at radius 2 is 0.644 bits per heavy atom. The minimum atomic E-state index is -7.22.